The molecule has 2 nitrogen and oxygen atoms in total. The van der Waals surface area contributed by atoms with Crippen LogP contribution in [-0.4, -0.2) is 45.5 Å². The third-order valence-corrected chi connectivity index (χ3v) is 1.84. The number of nitrogens with one attached hydrogen (secondary N) is 1. The van der Waals surface area contributed by atoms with Crippen LogP contribution in [0.5, 0.6) is 0 Å². The van der Waals surface area contributed by atoms with Gasteiger partial charge in [-0.25, -0.2) is 0 Å². The lowest BCUT2D eigenvalue weighted by atomic mass is 10.3. The molecule has 13 heavy (non-hydrogen) atoms. The highest BCUT2D eigenvalue weighted by Gasteiger charge is 2.20. The second-order valence-electron chi connectivity index (χ2n) is 3.09. The molecule has 1 fully saturated rings. The van der Waals surface area contributed by atoms with E-state index in [1.807, 2.05) is 0 Å². The van der Waals surface area contributed by atoms with E-state index < -0.39 is 7.25 Å². The monoisotopic (exact) mass is 202 g/mol. The fourth-order valence-electron chi connectivity index (χ4n) is 1.18. The molecule has 0 amide bonds. The van der Waals surface area contributed by atoms with Gasteiger partial charge in [0.2, 0.25) is 0 Å². The predicted octanol–water partition coefficient (Wildman–Crippen LogP) is 0.0941. The van der Waals surface area contributed by atoms with Crippen molar-refractivity contribution in [3.8, 4) is 0 Å². The number of quaternary nitrogens is 1. The number of rotatable bonds is 1. The van der Waals surface area contributed by atoms with Crippen molar-refractivity contribution in [3.63, 3.8) is 0 Å². The first kappa shape index (κ1) is 12.7. The lowest BCUT2D eigenvalue weighted by molar-refractivity contribution is -0.889. The maximum absolute atomic E-state index is 9.75. The Kier molecular flexibility index (Phi) is 5.31. The second-order valence-corrected chi connectivity index (χ2v) is 3.09. The van der Waals surface area contributed by atoms with Gasteiger partial charge in [0.25, 0.3) is 0 Å². The smallest absolute Gasteiger partial charge is 0.418 e. The molecule has 1 atom stereocenters. The van der Waals surface area contributed by atoms with Gasteiger partial charge in [-0.2, -0.15) is 0 Å². The third-order valence-electron chi connectivity index (χ3n) is 1.84. The topological polar surface area (TPSA) is 7.68 Å². The average Bonchev–Trinajstić information content (AvgIpc) is 2.31. The van der Waals surface area contributed by atoms with E-state index in [1.165, 1.54) is 26.3 Å². The summed E-state index contributed by atoms with van der Waals surface area (Å²) in [6, 6.07) is 0. The van der Waals surface area contributed by atoms with Crippen molar-refractivity contribution >= 4 is 7.25 Å². The van der Waals surface area contributed by atoms with Gasteiger partial charge in [0, 0.05) is 0 Å². The summed E-state index contributed by atoms with van der Waals surface area (Å²) in [5.41, 5.74) is 0. The zero-order valence-corrected chi connectivity index (χ0v) is 7.86. The molecular formula is C6H15BF4N2. The first-order valence-electron chi connectivity index (χ1n) is 4.22. The predicted molar refractivity (Wildman–Crippen MR) is 44.1 cm³/mol. The van der Waals surface area contributed by atoms with Gasteiger partial charge in [-0.05, 0) is 14.0 Å². The van der Waals surface area contributed by atoms with E-state index in [0.29, 0.717) is 0 Å². The van der Waals surface area contributed by atoms with E-state index in [-0.39, 0.29) is 0 Å². The number of halogens is 4. The molecule has 0 aromatic carbocycles. The molecule has 1 aliphatic rings. The van der Waals surface area contributed by atoms with Crippen molar-refractivity contribution in [1.29, 1.82) is 0 Å². The summed E-state index contributed by atoms with van der Waals surface area (Å²) in [6.45, 7) is 7.39. The molecule has 1 unspecified atom stereocenters. The first-order chi connectivity index (χ1) is 5.83. The van der Waals surface area contributed by atoms with Crippen LogP contribution in [0.25, 0.3) is 0 Å². The Morgan fingerprint density at radius 1 is 1.31 bits per heavy atom. The van der Waals surface area contributed by atoms with Crippen molar-refractivity contribution in [3.05, 3.63) is 0 Å². The minimum Gasteiger partial charge on any atom is -0.418 e. The highest BCUT2D eigenvalue weighted by atomic mass is 19.5. The number of hydrogen-bond acceptors (Lipinski definition) is 1. The van der Waals surface area contributed by atoms with Gasteiger partial charge in [-0.1, -0.05) is 0 Å². The Labute approximate surface area is 75.6 Å². The molecular weight excluding hydrogens is 187 g/mol. The molecule has 7 heteroatoms. The Hall–Kier alpha value is -0.295. The van der Waals surface area contributed by atoms with Gasteiger partial charge >= 0.3 is 7.25 Å². The minimum atomic E-state index is -6.00. The van der Waals surface area contributed by atoms with E-state index in [4.69, 9.17) is 0 Å². The van der Waals surface area contributed by atoms with Gasteiger partial charge in [-0.15, -0.1) is 0 Å². The normalized spacial score (nSPS) is 24.0. The molecule has 0 aromatic rings. The average molecular weight is 202 g/mol. The highest BCUT2D eigenvalue weighted by Crippen LogP contribution is 2.06. The fourth-order valence-corrected chi connectivity index (χ4v) is 1.18. The van der Waals surface area contributed by atoms with E-state index >= 15 is 0 Å². The SMILES string of the molecule is CC[NH+]1CCN(C)C1.F[B-](F)(F)F. The maximum atomic E-state index is 9.75. The van der Waals surface area contributed by atoms with Gasteiger partial charge in [-0.3, -0.25) is 4.90 Å². The summed E-state index contributed by atoms with van der Waals surface area (Å²) in [5.74, 6) is 0. The molecule has 1 rings (SSSR count). The molecule has 1 saturated heterocycles. The number of hydrogen-bond donors (Lipinski definition) is 1. The zero-order chi connectivity index (χ0) is 10.5. The summed E-state index contributed by atoms with van der Waals surface area (Å²) >= 11 is 0. The zero-order valence-electron chi connectivity index (χ0n) is 7.86. The minimum absolute atomic E-state index is 1.25. The molecule has 0 saturated carbocycles. The van der Waals surface area contributed by atoms with Crippen molar-refractivity contribution in [2.45, 2.75) is 6.92 Å². The standard InChI is InChI=1S/C6H14N2.BF4/c1-3-8-5-4-7(2)6-8;2-1(3,4)5/h3-6H2,1-2H3;/q;-1/p+1. The van der Waals surface area contributed by atoms with Crippen LogP contribution >= 0.6 is 0 Å². The quantitative estimate of drug-likeness (QED) is 0.467. The van der Waals surface area contributed by atoms with Crippen LogP contribution in [0.2, 0.25) is 0 Å². The van der Waals surface area contributed by atoms with Crippen LogP contribution in [0.1, 0.15) is 6.92 Å². The second kappa shape index (κ2) is 5.44. The fraction of sp³-hybridized carbons (Fsp3) is 1.00. The number of nitrogens with zero attached hydrogens (tertiary/aromatic N) is 1. The summed E-state index contributed by atoms with van der Waals surface area (Å²) in [7, 11) is -3.82. The van der Waals surface area contributed by atoms with E-state index in [1.54, 1.807) is 4.90 Å². The summed E-state index contributed by atoms with van der Waals surface area (Å²) < 4.78 is 39.0. The molecule has 0 bridgehead atoms. The van der Waals surface area contributed by atoms with Crippen molar-refractivity contribution < 1.29 is 22.2 Å². The molecule has 1 heterocycles. The molecule has 0 aromatic heterocycles. The lowest BCUT2D eigenvalue weighted by Gasteiger charge is -2.07. The highest BCUT2D eigenvalue weighted by molar-refractivity contribution is 6.50. The van der Waals surface area contributed by atoms with Crippen molar-refractivity contribution in [2.24, 2.45) is 0 Å². The van der Waals surface area contributed by atoms with E-state index in [9.17, 15) is 17.3 Å². The molecule has 1 aliphatic heterocycles. The summed E-state index contributed by atoms with van der Waals surface area (Å²) in [4.78, 5) is 4.09. The van der Waals surface area contributed by atoms with Crippen LogP contribution in [-0.2, 0) is 0 Å². The van der Waals surface area contributed by atoms with Gasteiger partial charge in [0.05, 0.1) is 19.6 Å². The molecule has 0 spiro atoms. The van der Waals surface area contributed by atoms with Crippen molar-refractivity contribution in [1.82, 2.24) is 4.90 Å². The summed E-state index contributed by atoms with van der Waals surface area (Å²) in [5, 5.41) is 0. The molecule has 80 valence electrons. The Balaban J connectivity index is 0.000000252. The Bertz CT molecular complexity index is 135. The Morgan fingerprint density at radius 2 is 1.77 bits per heavy atom. The van der Waals surface area contributed by atoms with Crippen LogP contribution in [0.3, 0.4) is 0 Å². The molecule has 0 aliphatic carbocycles. The van der Waals surface area contributed by atoms with Gasteiger partial charge in [0.1, 0.15) is 6.67 Å². The lowest BCUT2D eigenvalue weighted by Crippen LogP contribution is -3.10. The number of likely N-dealkylation sites (N-methyl/N-ethyl adjacent to an activating group) is 2. The van der Waals surface area contributed by atoms with Crippen LogP contribution in [0.4, 0.5) is 17.3 Å². The Morgan fingerprint density at radius 3 is 1.92 bits per heavy atom. The van der Waals surface area contributed by atoms with Crippen LogP contribution < -0.4 is 4.90 Å². The van der Waals surface area contributed by atoms with Gasteiger partial charge in [0.15, 0.2) is 0 Å². The van der Waals surface area contributed by atoms with E-state index in [0.717, 1.165) is 0 Å². The third kappa shape index (κ3) is 9.62. The summed E-state index contributed by atoms with van der Waals surface area (Å²) in [6.07, 6.45) is 0. The molecule has 1 N–H and O–H groups in total. The van der Waals surface area contributed by atoms with E-state index in [2.05, 4.69) is 18.9 Å². The van der Waals surface area contributed by atoms with Crippen molar-refractivity contribution in [2.75, 3.05) is 33.4 Å². The maximum Gasteiger partial charge on any atom is 0.673 e. The van der Waals surface area contributed by atoms with Gasteiger partial charge < -0.3 is 22.2 Å². The van der Waals surface area contributed by atoms with Crippen LogP contribution in [0.15, 0.2) is 0 Å². The largest absolute Gasteiger partial charge is 0.673 e. The van der Waals surface area contributed by atoms with Crippen LogP contribution in [0, 0.1) is 0 Å². The first-order valence-corrected chi connectivity index (χ1v) is 4.22. The molecule has 0 radical (unpaired) electrons.